The number of hydrogen-bond donors (Lipinski definition) is 0. The van der Waals surface area contributed by atoms with E-state index in [1.54, 1.807) is 30.0 Å². The lowest BCUT2D eigenvalue weighted by Crippen LogP contribution is -2.43. The van der Waals surface area contributed by atoms with Gasteiger partial charge in [-0.25, -0.2) is 0 Å². The summed E-state index contributed by atoms with van der Waals surface area (Å²) in [5.74, 6) is 0.774. The Bertz CT molecular complexity index is 660. The molecule has 1 saturated heterocycles. The van der Waals surface area contributed by atoms with E-state index in [-0.39, 0.29) is 25.1 Å². The monoisotopic (exact) mass is 378 g/mol. The summed E-state index contributed by atoms with van der Waals surface area (Å²) in [6.45, 7) is 6.97. The first-order valence-electron chi connectivity index (χ1n) is 9.32. The number of fused-ring (bicyclic) bond motifs is 1. The van der Waals surface area contributed by atoms with Gasteiger partial charge in [0.2, 0.25) is 6.79 Å². The maximum atomic E-state index is 13.0. The molecule has 0 aromatic heterocycles. The first-order valence-corrected chi connectivity index (χ1v) is 9.32. The highest BCUT2D eigenvalue weighted by Gasteiger charge is 2.22. The van der Waals surface area contributed by atoms with Gasteiger partial charge < -0.3 is 23.8 Å². The number of carbonyl (C=O) groups is 2. The van der Waals surface area contributed by atoms with E-state index in [0.29, 0.717) is 50.0 Å². The molecule has 3 rings (SSSR count). The van der Waals surface area contributed by atoms with Gasteiger partial charge in [0, 0.05) is 38.3 Å². The lowest BCUT2D eigenvalue weighted by Gasteiger charge is -2.30. The minimum atomic E-state index is -0.299. The van der Waals surface area contributed by atoms with Gasteiger partial charge in [0.25, 0.3) is 5.91 Å². The van der Waals surface area contributed by atoms with E-state index in [1.165, 1.54) is 0 Å². The molecule has 27 heavy (non-hydrogen) atoms. The predicted octanol–water partition coefficient (Wildman–Crippen LogP) is 1.14. The number of morpholine rings is 1. The fraction of sp³-hybridized carbons (Fsp3) is 0.579. The fourth-order valence-corrected chi connectivity index (χ4v) is 3.07. The lowest BCUT2D eigenvalue weighted by atomic mass is 10.1. The summed E-state index contributed by atoms with van der Waals surface area (Å²) in [6.07, 6.45) is 0.174. The lowest BCUT2D eigenvalue weighted by molar-refractivity contribution is -0.143. The summed E-state index contributed by atoms with van der Waals surface area (Å²) in [5.41, 5.74) is 0.519. The highest BCUT2D eigenvalue weighted by molar-refractivity contribution is 5.95. The van der Waals surface area contributed by atoms with E-state index in [9.17, 15) is 9.59 Å². The Hall–Kier alpha value is -2.32. The average Bonchev–Trinajstić information content (AvgIpc) is 3.16. The van der Waals surface area contributed by atoms with Crippen molar-refractivity contribution in [2.24, 2.45) is 0 Å². The van der Waals surface area contributed by atoms with Crippen LogP contribution >= 0.6 is 0 Å². The van der Waals surface area contributed by atoms with Gasteiger partial charge >= 0.3 is 5.97 Å². The van der Waals surface area contributed by atoms with Gasteiger partial charge in [-0.3, -0.25) is 14.5 Å². The van der Waals surface area contributed by atoms with Gasteiger partial charge in [-0.2, -0.15) is 0 Å². The molecule has 148 valence electrons. The minimum Gasteiger partial charge on any atom is -0.466 e. The third kappa shape index (κ3) is 5.33. The van der Waals surface area contributed by atoms with E-state index < -0.39 is 0 Å². The molecule has 1 fully saturated rings. The second-order valence-corrected chi connectivity index (χ2v) is 6.37. The van der Waals surface area contributed by atoms with Crippen molar-refractivity contribution < 1.29 is 28.5 Å². The summed E-state index contributed by atoms with van der Waals surface area (Å²) in [4.78, 5) is 28.7. The Morgan fingerprint density at radius 1 is 1.15 bits per heavy atom. The highest BCUT2D eigenvalue weighted by atomic mass is 16.7. The maximum absolute atomic E-state index is 13.0. The van der Waals surface area contributed by atoms with Crippen molar-refractivity contribution in [3.63, 3.8) is 0 Å². The van der Waals surface area contributed by atoms with Gasteiger partial charge in [-0.15, -0.1) is 0 Å². The van der Waals surface area contributed by atoms with Gasteiger partial charge in [0.1, 0.15) is 0 Å². The number of nitrogens with zero attached hydrogens (tertiary/aromatic N) is 2. The van der Waals surface area contributed by atoms with Crippen molar-refractivity contribution >= 4 is 11.9 Å². The normalized spacial score (nSPS) is 16.2. The molecule has 2 aliphatic heterocycles. The number of ether oxygens (including phenoxy) is 4. The predicted molar refractivity (Wildman–Crippen MR) is 97.0 cm³/mol. The van der Waals surface area contributed by atoms with E-state index in [1.807, 2.05) is 0 Å². The van der Waals surface area contributed by atoms with E-state index in [4.69, 9.17) is 18.9 Å². The van der Waals surface area contributed by atoms with Crippen LogP contribution in [0.2, 0.25) is 0 Å². The zero-order valence-corrected chi connectivity index (χ0v) is 15.6. The van der Waals surface area contributed by atoms with Crippen LogP contribution in [0.4, 0.5) is 0 Å². The van der Waals surface area contributed by atoms with Crippen LogP contribution in [0.15, 0.2) is 18.2 Å². The van der Waals surface area contributed by atoms with Crippen LogP contribution in [-0.4, -0.2) is 81.0 Å². The molecule has 0 radical (unpaired) electrons. The molecule has 1 aromatic rings. The third-order valence-electron chi connectivity index (χ3n) is 4.59. The number of rotatable bonds is 8. The van der Waals surface area contributed by atoms with E-state index in [2.05, 4.69) is 4.90 Å². The van der Waals surface area contributed by atoms with Crippen molar-refractivity contribution in [2.75, 3.05) is 59.3 Å². The zero-order valence-electron chi connectivity index (χ0n) is 15.6. The quantitative estimate of drug-likeness (QED) is 0.628. The van der Waals surface area contributed by atoms with Crippen LogP contribution < -0.4 is 9.47 Å². The molecule has 0 N–H and O–H groups in total. The Morgan fingerprint density at radius 3 is 2.70 bits per heavy atom. The van der Waals surface area contributed by atoms with Crippen molar-refractivity contribution in [1.82, 2.24) is 9.80 Å². The van der Waals surface area contributed by atoms with Crippen molar-refractivity contribution in [2.45, 2.75) is 13.3 Å². The summed E-state index contributed by atoms with van der Waals surface area (Å²) in [5, 5.41) is 0. The Balaban J connectivity index is 1.65. The van der Waals surface area contributed by atoms with Gasteiger partial charge in [0.15, 0.2) is 11.5 Å². The second-order valence-electron chi connectivity index (χ2n) is 6.37. The van der Waals surface area contributed by atoms with E-state index >= 15 is 0 Å². The molecule has 0 unspecified atom stereocenters. The second kappa shape index (κ2) is 9.57. The molecule has 2 aliphatic rings. The molecular weight excluding hydrogens is 352 g/mol. The molecule has 0 aliphatic carbocycles. The molecule has 1 amide bonds. The molecule has 1 aromatic carbocycles. The summed E-state index contributed by atoms with van der Waals surface area (Å²) < 4.78 is 21.0. The maximum Gasteiger partial charge on any atom is 0.307 e. The van der Waals surface area contributed by atoms with Crippen LogP contribution in [0.25, 0.3) is 0 Å². The first-order chi connectivity index (χ1) is 13.2. The van der Waals surface area contributed by atoms with Crippen LogP contribution in [-0.2, 0) is 14.3 Å². The highest BCUT2D eigenvalue weighted by Crippen LogP contribution is 2.32. The summed E-state index contributed by atoms with van der Waals surface area (Å²) >= 11 is 0. The Morgan fingerprint density at radius 2 is 1.93 bits per heavy atom. The van der Waals surface area contributed by atoms with Crippen LogP contribution in [0.3, 0.4) is 0 Å². The number of amides is 1. The topological polar surface area (TPSA) is 77.5 Å². The van der Waals surface area contributed by atoms with Crippen LogP contribution in [0.5, 0.6) is 11.5 Å². The average molecular weight is 378 g/mol. The summed E-state index contributed by atoms with van der Waals surface area (Å²) in [7, 11) is 0. The molecule has 0 spiro atoms. The van der Waals surface area contributed by atoms with Gasteiger partial charge in [-0.05, 0) is 25.1 Å². The first kappa shape index (κ1) is 19.4. The molecule has 0 atom stereocenters. The Labute approximate surface area is 158 Å². The van der Waals surface area contributed by atoms with Crippen molar-refractivity contribution in [3.05, 3.63) is 23.8 Å². The Kier molecular flexibility index (Phi) is 6.89. The van der Waals surface area contributed by atoms with Crippen molar-refractivity contribution in [1.29, 1.82) is 0 Å². The number of esters is 1. The van der Waals surface area contributed by atoms with Crippen LogP contribution in [0.1, 0.15) is 23.7 Å². The standard InChI is InChI=1S/C19H26N2O6/c1-2-25-18(22)5-6-21(8-7-20-9-11-24-12-10-20)19(23)15-3-4-16-17(13-15)27-14-26-16/h3-4,13H,2,5-12,14H2,1H3. The minimum absolute atomic E-state index is 0.133. The molecule has 0 saturated carbocycles. The number of carbonyl (C=O) groups excluding carboxylic acids is 2. The third-order valence-corrected chi connectivity index (χ3v) is 4.59. The van der Waals surface area contributed by atoms with E-state index in [0.717, 1.165) is 19.6 Å². The molecule has 2 heterocycles. The SMILES string of the molecule is CCOC(=O)CCN(CCN1CCOCC1)C(=O)c1ccc2c(c1)OCO2. The fourth-order valence-electron chi connectivity index (χ4n) is 3.07. The number of hydrogen-bond acceptors (Lipinski definition) is 7. The van der Waals surface area contributed by atoms with Gasteiger partial charge in [0.05, 0.1) is 26.2 Å². The van der Waals surface area contributed by atoms with Crippen LogP contribution in [0, 0.1) is 0 Å². The zero-order chi connectivity index (χ0) is 19.1. The molecule has 8 heteroatoms. The van der Waals surface area contributed by atoms with Crippen molar-refractivity contribution in [3.8, 4) is 11.5 Å². The van der Waals surface area contributed by atoms with Gasteiger partial charge in [-0.1, -0.05) is 0 Å². The molecule has 8 nitrogen and oxygen atoms in total. The summed E-state index contributed by atoms with van der Waals surface area (Å²) in [6, 6.07) is 5.15. The molecular formula is C19H26N2O6. The molecule has 0 bridgehead atoms. The number of benzene rings is 1. The largest absolute Gasteiger partial charge is 0.466 e. The smallest absolute Gasteiger partial charge is 0.307 e.